The van der Waals surface area contributed by atoms with Crippen LogP contribution in [0, 0.1) is 53.8 Å². The Hall–Kier alpha value is -6.34. The van der Waals surface area contributed by atoms with Crippen molar-refractivity contribution in [3.05, 3.63) is 94.8 Å². The first-order chi connectivity index (χ1) is 34.3. The number of likely N-dealkylation sites (N-methyl/N-ethyl adjacent to an activating group) is 1. The number of ketones is 3. The van der Waals surface area contributed by atoms with Crippen molar-refractivity contribution in [1.82, 2.24) is 20.2 Å². The van der Waals surface area contributed by atoms with Gasteiger partial charge in [0.25, 0.3) is 0 Å². The van der Waals surface area contributed by atoms with Crippen LogP contribution in [0.15, 0.2) is 66.9 Å². The second-order valence-electron chi connectivity index (χ2n) is 20.3. The molecule has 4 saturated carbocycles. The lowest BCUT2D eigenvalue weighted by molar-refractivity contribution is -0.142. The minimum absolute atomic E-state index is 0.0281. The number of amides is 2. The average molecular weight is 965 g/mol. The number of ether oxygens (including phenoxy) is 2. The quantitative estimate of drug-likeness (QED) is 0.0771. The molecular formula is C56H68N8O7. The third kappa shape index (κ3) is 11.4. The van der Waals surface area contributed by atoms with Gasteiger partial charge in [0.1, 0.15) is 30.8 Å². The maximum atomic E-state index is 14.9. The number of aromatic nitrogens is 2. The van der Waals surface area contributed by atoms with Crippen LogP contribution < -0.4 is 32.0 Å². The van der Waals surface area contributed by atoms with Crippen LogP contribution in [0.4, 0.5) is 0 Å². The largest absolute Gasteiger partial charge is 0.492 e. The maximum absolute atomic E-state index is 14.9. The van der Waals surface area contributed by atoms with Gasteiger partial charge in [0.05, 0.1) is 23.4 Å². The number of hydrogen-bond donors (Lipinski definition) is 4. The van der Waals surface area contributed by atoms with E-state index in [-0.39, 0.29) is 82.9 Å². The molecule has 2 heterocycles. The van der Waals surface area contributed by atoms with Gasteiger partial charge in [-0.2, -0.15) is 5.26 Å². The lowest BCUT2D eigenvalue weighted by atomic mass is 9.51. The number of nitrogens with two attached hydrogens (primary N) is 3. The van der Waals surface area contributed by atoms with Crippen molar-refractivity contribution in [1.29, 1.82) is 5.26 Å². The van der Waals surface area contributed by atoms with Crippen LogP contribution >= 0.6 is 0 Å². The zero-order chi connectivity index (χ0) is 50.3. The molecule has 0 saturated heterocycles. The van der Waals surface area contributed by atoms with Crippen molar-refractivity contribution in [2.75, 3.05) is 39.9 Å². The van der Waals surface area contributed by atoms with Crippen LogP contribution in [0.25, 0.3) is 22.5 Å². The fourth-order valence-electron chi connectivity index (χ4n) is 12.2. The number of rotatable bonds is 18. The Balaban J connectivity index is 1.08. The van der Waals surface area contributed by atoms with Crippen LogP contribution in [-0.4, -0.2) is 90.0 Å². The number of fused-ring (bicyclic) bond motifs is 5. The van der Waals surface area contributed by atoms with Crippen LogP contribution in [0.3, 0.4) is 0 Å². The van der Waals surface area contributed by atoms with Gasteiger partial charge in [0.15, 0.2) is 23.2 Å². The molecule has 5 aliphatic rings. The van der Waals surface area contributed by atoms with Gasteiger partial charge >= 0.3 is 0 Å². The molecule has 1 aliphatic heterocycles. The summed E-state index contributed by atoms with van der Waals surface area (Å²) in [5.74, 6) is 1.40. The van der Waals surface area contributed by atoms with E-state index in [1.165, 1.54) is 55.8 Å². The highest BCUT2D eigenvalue weighted by molar-refractivity contribution is 6.00. The number of carbonyl (C=O) groups excluding carboxylic acids is 5. The molecule has 7 N–H and O–H groups in total. The van der Waals surface area contributed by atoms with E-state index in [2.05, 4.69) is 34.6 Å². The van der Waals surface area contributed by atoms with Gasteiger partial charge in [0, 0.05) is 80.5 Å². The van der Waals surface area contributed by atoms with E-state index in [1.54, 1.807) is 44.2 Å². The highest BCUT2D eigenvalue weighted by Crippen LogP contribution is 2.59. The third-order valence-electron chi connectivity index (χ3n) is 15.4. The second-order valence-corrected chi connectivity index (χ2v) is 20.3. The van der Waals surface area contributed by atoms with Crippen LogP contribution in [0.5, 0.6) is 11.5 Å². The number of Topliss-reactive ketones (excluding diaryl/α,β-unsaturated/α-hetero) is 3. The van der Waals surface area contributed by atoms with Crippen molar-refractivity contribution < 1.29 is 33.4 Å². The number of hydrogen-bond acceptors (Lipinski definition) is 13. The smallest absolute Gasteiger partial charge is 0.226 e. The highest BCUT2D eigenvalue weighted by Gasteiger charge is 2.48. The number of nitrogens with zero attached hydrogens (tertiary/aromatic N) is 4. The van der Waals surface area contributed by atoms with E-state index in [1.807, 2.05) is 12.1 Å². The zero-order valence-corrected chi connectivity index (χ0v) is 41.2. The Kier molecular flexibility index (Phi) is 16.4. The first-order valence-electron chi connectivity index (χ1n) is 25.4. The second kappa shape index (κ2) is 22.8. The lowest BCUT2D eigenvalue weighted by Gasteiger charge is -2.54. The first-order valence-corrected chi connectivity index (χ1v) is 25.4. The molecule has 4 atom stereocenters. The molecule has 71 heavy (non-hydrogen) atoms. The normalized spacial score (nSPS) is 24.0. The number of nitrogens with one attached hydrogen (secondary N) is 1. The van der Waals surface area contributed by atoms with Crippen molar-refractivity contribution >= 4 is 29.2 Å². The SMILES string of the molecule is Cc1nc(-c2ccc(C3C4CC5CC(C4)CC3C5)cc2)ncc1C(=O)C[C@@H](CCN)C(=O)N(C)[C@@H]1C(=O)C[C@@H](C)C(=O)N[C@H](C(=O)CCC#N)Cc2ccc(OCCN)c(c2)-c2cc1ccc2OCCN. The van der Waals surface area contributed by atoms with Gasteiger partial charge in [-0.3, -0.25) is 24.0 Å². The summed E-state index contributed by atoms with van der Waals surface area (Å²) in [6.45, 7) is 4.24. The van der Waals surface area contributed by atoms with Crippen LogP contribution in [0.1, 0.15) is 116 Å². The van der Waals surface area contributed by atoms with Gasteiger partial charge in [-0.15, -0.1) is 0 Å². The summed E-state index contributed by atoms with van der Waals surface area (Å²) >= 11 is 0. The molecule has 4 aromatic rings. The summed E-state index contributed by atoms with van der Waals surface area (Å²) in [6, 6.07) is 19.0. The van der Waals surface area contributed by atoms with Crippen molar-refractivity contribution in [3.8, 4) is 40.1 Å². The zero-order valence-electron chi connectivity index (χ0n) is 41.2. The fourth-order valence-corrected chi connectivity index (χ4v) is 12.2. The van der Waals surface area contributed by atoms with Gasteiger partial charge in [0.2, 0.25) is 11.8 Å². The molecule has 9 rings (SSSR count). The maximum Gasteiger partial charge on any atom is 0.226 e. The predicted octanol–water partition coefficient (Wildman–Crippen LogP) is 6.58. The standard InChI is InChI=1S/C56H68N8O7/c1-32-21-49(67)53(39-11-13-51(71-20-18-60)44(29-39)43-27-34(6-12-50(43)70-19-17-59)28-46(63-55(32)68)47(65)5-4-15-57)64(3)56(69)40(14-16-58)30-48(66)45-31-61-54(62-33(45)2)38-9-7-37(8-10-38)52-41-23-35-22-36(25-41)26-42(52)24-35/h6-13,27,29,31-32,35-36,40-42,46,52-53H,4-5,14,16-26,28,30,58-60H2,1-3H3,(H,63,68)/t32-,35?,36?,40-,41?,42?,46+,52?,53+/m1/s1. The van der Waals surface area contributed by atoms with Crippen molar-refractivity contribution in [3.63, 3.8) is 0 Å². The summed E-state index contributed by atoms with van der Waals surface area (Å²) in [4.78, 5) is 82.0. The number of nitriles is 1. The van der Waals surface area contributed by atoms with E-state index in [4.69, 9.17) is 31.7 Å². The molecule has 0 spiro atoms. The van der Waals surface area contributed by atoms with E-state index in [0.29, 0.717) is 56.8 Å². The molecule has 3 aromatic carbocycles. The number of carbonyl (C=O) groups is 5. The van der Waals surface area contributed by atoms with E-state index in [9.17, 15) is 29.2 Å². The fraction of sp³-hybridized carbons (Fsp3) is 0.500. The van der Waals surface area contributed by atoms with E-state index >= 15 is 0 Å². The Morgan fingerprint density at radius 1 is 0.845 bits per heavy atom. The predicted molar refractivity (Wildman–Crippen MR) is 269 cm³/mol. The summed E-state index contributed by atoms with van der Waals surface area (Å²) < 4.78 is 12.3. The molecule has 4 aliphatic carbocycles. The van der Waals surface area contributed by atoms with E-state index < -0.39 is 41.5 Å². The van der Waals surface area contributed by atoms with Gasteiger partial charge in [-0.05, 0) is 129 Å². The number of aryl methyl sites for hydroxylation is 1. The Bertz CT molecular complexity index is 2640. The molecule has 4 fully saturated rings. The minimum atomic E-state index is -1.23. The summed E-state index contributed by atoms with van der Waals surface area (Å²) in [7, 11) is 1.52. The average Bonchev–Trinajstić information content (AvgIpc) is 3.36. The van der Waals surface area contributed by atoms with Crippen LogP contribution in [-0.2, 0) is 25.6 Å². The summed E-state index contributed by atoms with van der Waals surface area (Å²) in [5, 5.41) is 12.1. The minimum Gasteiger partial charge on any atom is -0.492 e. The molecule has 2 amide bonds. The molecular weight excluding hydrogens is 897 g/mol. The summed E-state index contributed by atoms with van der Waals surface area (Å²) in [6.07, 6.45) is 8.00. The third-order valence-corrected chi connectivity index (χ3v) is 15.4. The van der Waals surface area contributed by atoms with Gasteiger partial charge in [-0.1, -0.05) is 43.3 Å². The molecule has 0 unspecified atom stereocenters. The van der Waals surface area contributed by atoms with E-state index in [0.717, 1.165) is 29.2 Å². The first kappa shape index (κ1) is 51.0. The molecule has 1 aromatic heterocycles. The number of benzene rings is 3. The Morgan fingerprint density at radius 2 is 1.48 bits per heavy atom. The van der Waals surface area contributed by atoms with Crippen molar-refractivity contribution in [2.24, 2.45) is 52.7 Å². The monoisotopic (exact) mass is 965 g/mol. The summed E-state index contributed by atoms with van der Waals surface area (Å²) in [5.41, 5.74) is 23.1. The Labute approximate surface area is 416 Å². The molecule has 374 valence electrons. The van der Waals surface area contributed by atoms with Gasteiger partial charge in [-0.25, -0.2) is 9.97 Å². The van der Waals surface area contributed by atoms with Crippen LogP contribution in [0.2, 0.25) is 0 Å². The molecule has 0 radical (unpaired) electrons. The Morgan fingerprint density at radius 3 is 2.10 bits per heavy atom. The topological polar surface area (TPSA) is 247 Å². The molecule has 8 bridgehead atoms. The molecule has 15 nitrogen and oxygen atoms in total. The highest BCUT2D eigenvalue weighted by atomic mass is 16.5. The lowest BCUT2D eigenvalue weighted by Crippen LogP contribution is -2.46. The van der Waals surface area contributed by atoms with Crippen molar-refractivity contribution in [2.45, 2.75) is 102 Å². The van der Waals surface area contributed by atoms with Gasteiger partial charge < -0.3 is 36.9 Å². The molecule has 15 heteroatoms.